The first-order valence-electron chi connectivity index (χ1n) is 4.80. The van der Waals surface area contributed by atoms with Crippen LogP contribution in [0, 0.1) is 0 Å². The molecule has 2 N–H and O–H groups in total. The smallest absolute Gasteiger partial charge is 0.0969 e. The molecule has 2 fully saturated rings. The molecule has 0 radical (unpaired) electrons. The van der Waals surface area contributed by atoms with E-state index in [2.05, 4.69) is 15.7 Å². The molecule has 4 nitrogen and oxygen atoms in total. The highest BCUT2D eigenvalue weighted by Gasteiger charge is 2.22. The predicted molar refractivity (Wildman–Crippen MR) is 46.6 cm³/mol. The molecule has 2 aliphatic heterocycles. The van der Waals surface area contributed by atoms with E-state index < -0.39 is 0 Å². The van der Waals surface area contributed by atoms with Gasteiger partial charge in [0.2, 0.25) is 0 Å². The Hall–Kier alpha value is -0.160. The maximum absolute atomic E-state index is 5.55. The van der Waals surface area contributed by atoms with Crippen LogP contribution >= 0.6 is 0 Å². The Bertz CT molecular complexity index is 114. The summed E-state index contributed by atoms with van der Waals surface area (Å²) in [6.45, 7) is 5.08. The first-order chi connectivity index (χ1) is 5.97. The highest BCUT2D eigenvalue weighted by atomic mass is 16.7. The van der Waals surface area contributed by atoms with Crippen LogP contribution in [0.4, 0.5) is 0 Å². The number of nitrogens with one attached hydrogen (secondary N) is 2. The normalized spacial score (nSPS) is 33.5. The van der Waals surface area contributed by atoms with Crippen molar-refractivity contribution in [2.75, 3.05) is 32.8 Å². The topological polar surface area (TPSA) is 36.5 Å². The maximum Gasteiger partial charge on any atom is 0.0969 e. The Morgan fingerprint density at radius 1 is 1.25 bits per heavy atom. The van der Waals surface area contributed by atoms with Crippen molar-refractivity contribution in [2.45, 2.75) is 19.0 Å². The minimum absolute atomic E-state index is 0.388. The molecule has 0 aliphatic carbocycles. The molecule has 4 heteroatoms. The van der Waals surface area contributed by atoms with Crippen molar-refractivity contribution in [2.24, 2.45) is 0 Å². The second kappa shape index (κ2) is 4.18. The van der Waals surface area contributed by atoms with E-state index in [1.807, 2.05) is 0 Å². The van der Waals surface area contributed by atoms with Crippen molar-refractivity contribution in [1.29, 1.82) is 0 Å². The average Bonchev–Trinajstić information content (AvgIpc) is 2.21. The van der Waals surface area contributed by atoms with Crippen LogP contribution < -0.4 is 10.6 Å². The fourth-order valence-corrected chi connectivity index (χ4v) is 1.70. The molecule has 1 atom stereocenters. The standard InChI is InChI=1S/C8H17N3O/c1-2-6-12-11(5-1)8-7-9-3-4-10-8/h8-10H,1-7H2. The van der Waals surface area contributed by atoms with E-state index in [1.54, 1.807) is 0 Å². The largest absolute Gasteiger partial charge is 0.312 e. The lowest BCUT2D eigenvalue weighted by atomic mass is 10.2. The zero-order valence-electron chi connectivity index (χ0n) is 7.38. The van der Waals surface area contributed by atoms with Gasteiger partial charge in [-0.15, -0.1) is 0 Å². The van der Waals surface area contributed by atoms with Crippen molar-refractivity contribution in [3.63, 3.8) is 0 Å². The van der Waals surface area contributed by atoms with E-state index in [9.17, 15) is 0 Å². The molecule has 2 saturated heterocycles. The van der Waals surface area contributed by atoms with Crippen molar-refractivity contribution >= 4 is 0 Å². The summed E-state index contributed by atoms with van der Waals surface area (Å²) in [5.41, 5.74) is 0. The molecule has 0 amide bonds. The summed E-state index contributed by atoms with van der Waals surface area (Å²) in [6.07, 6.45) is 2.86. The molecule has 0 bridgehead atoms. The Labute approximate surface area is 73.2 Å². The van der Waals surface area contributed by atoms with Crippen LogP contribution in [-0.2, 0) is 4.84 Å². The van der Waals surface area contributed by atoms with Crippen LogP contribution in [0.5, 0.6) is 0 Å². The lowest BCUT2D eigenvalue weighted by Crippen LogP contribution is -2.58. The predicted octanol–water partition coefficient (Wildman–Crippen LogP) is -0.467. The number of hydroxylamine groups is 2. The summed E-state index contributed by atoms with van der Waals surface area (Å²) in [4.78, 5) is 5.55. The highest BCUT2D eigenvalue weighted by molar-refractivity contribution is 4.73. The first kappa shape index (κ1) is 8.44. The lowest BCUT2D eigenvalue weighted by molar-refractivity contribution is -0.213. The Morgan fingerprint density at radius 3 is 2.92 bits per heavy atom. The Kier molecular flexibility index (Phi) is 2.94. The number of piperazine rings is 1. The fraction of sp³-hybridized carbons (Fsp3) is 1.00. The van der Waals surface area contributed by atoms with Crippen LogP contribution in [0.3, 0.4) is 0 Å². The van der Waals surface area contributed by atoms with E-state index in [1.165, 1.54) is 12.8 Å². The monoisotopic (exact) mass is 171 g/mol. The molecule has 0 saturated carbocycles. The second-order valence-corrected chi connectivity index (χ2v) is 3.36. The van der Waals surface area contributed by atoms with Gasteiger partial charge in [-0.3, -0.25) is 10.2 Å². The second-order valence-electron chi connectivity index (χ2n) is 3.36. The summed E-state index contributed by atoms with van der Waals surface area (Å²) in [6, 6.07) is 0. The molecule has 1 unspecified atom stereocenters. The van der Waals surface area contributed by atoms with Gasteiger partial charge in [0.15, 0.2) is 0 Å². The molecule has 0 aromatic heterocycles. The van der Waals surface area contributed by atoms with Gasteiger partial charge in [0.05, 0.1) is 12.8 Å². The highest BCUT2D eigenvalue weighted by Crippen LogP contribution is 2.08. The number of hydrogen-bond acceptors (Lipinski definition) is 4. The van der Waals surface area contributed by atoms with Crippen LogP contribution in [-0.4, -0.2) is 44.0 Å². The van der Waals surface area contributed by atoms with Crippen molar-refractivity contribution in [3.8, 4) is 0 Å². The van der Waals surface area contributed by atoms with Gasteiger partial charge in [0.1, 0.15) is 0 Å². The number of nitrogens with zero attached hydrogens (tertiary/aromatic N) is 1. The molecule has 0 aromatic rings. The summed E-state index contributed by atoms with van der Waals surface area (Å²) >= 11 is 0. The maximum atomic E-state index is 5.55. The van der Waals surface area contributed by atoms with Gasteiger partial charge >= 0.3 is 0 Å². The Morgan fingerprint density at radius 2 is 2.25 bits per heavy atom. The minimum Gasteiger partial charge on any atom is -0.312 e. The first-order valence-corrected chi connectivity index (χ1v) is 4.80. The van der Waals surface area contributed by atoms with Crippen LogP contribution in [0.25, 0.3) is 0 Å². The van der Waals surface area contributed by atoms with Gasteiger partial charge in [-0.1, -0.05) is 0 Å². The Balaban J connectivity index is 1.80. The van der Waals surface area contributed by atoms with E-state index >= 15 is 0 Å². The van der Waals surface area contributed by atoms with E-state index in [-0.39, 0.29) is 0 Å². The zero-order valence-corrected chi connectivity index (χ0v) is 7.38. The van der Waals surface area contributed by atoms with Gasteiger partial charge in [0.25, 0.3) is 0 Å². The molecule has 2 aliphatic rings. The van der Waals surface area contributed by atoms with E-state index in [4.69, 9.17) is 4.84 Å². The third-order valence-corrected chi connectivity index (χ3v) is 2.40. The van der Waals surface area contributed by atoms with Gasteiger partial charge < -0.3 is 5.32 Å². The van der Waals surface area contributed by atoms with Crippen LogP contribution in [0.1, 0.15) is 12.8 Å². The van der Waals surface area contributed by atoms with Crippen LogP contribution in [0.2, 0.25) is 0 Å². The van der Waals surface area contributed by atoms with Crippen molar-refractivity contribution in [1.82, 2.24) is 15.7 Å². The molecule has 12 heavy (non-hydrogen) atoms. The van der Waals surface area contributed by atoms with Gasteiger partial charge in [-0.25, -0.2) is 0 Å². The van der Waals surface area contributed by atoms with Crippen molar-refractivity contribution < 1.29 is 4.84 Å². The lowest BCUT2D eigenvalue weighted by Gasteiger charge is -2.36. The SMILES string of the molecule is C1CCN(C2CNCCN2)OC1. The van der Waals surface area contributed by atoms with E-state index in [0.29, 0.717) is 6.17 Å². The van der Waals surface area contributed by atoms with Gasteiger partial charge in [-0.2, -0.15) is 5.06 Å². The average molecular weight is 171 g/mol. The molecule has 2 rings (SSSR count). The quantitative estimate of drug-likeness (QED) is 0.559. The molecular formula is C8H17N3O. The number of rotatable bonds is 1. The molecule has 0 spiro atoms. The third kappa shape index (κ3) is 1.95. The minimum atomic E-state index is 0.388. The van der Waals surface area contributed by atoms with Crippen molar-refractivity contribution in [3.05, 3.63) is 0 Å². The third-order valence-electron chi connectivity index (χ3n) is 2.40. The summed E-state index contributed by atoms with van der Waals surface area (Å²) < 4.78 is 0. The summed E-state index contributed by atoms with van der Waals surface area (Å²) in [5, 5.41) is 8.85. The summed E-state index contributed by atoms with van der Waals surface area (Å²) in [7, 11) is 0. The number of hydrogen-bond donors (Lipinski definition) is 2. The molecule has 0 aromatic carbocycles. The fourth-order valence-electron chi connectivity index (χ4n) is 1.70. The van der Waals surface area contributed by atoms with Crippen LogP contribution in [0.15, 0.2) is 0 Å². The van der Waals surface area contributed by atoms with E-state index in [0.717, 1.165) is 32.8 Å². The zero-order chi connectivity index (χ0) is 8.23. The molecular weight excluding hydrogens is 154 g/mol. The van der Waals surface area contributed by atoms with Gasteiger partial charge in [-0.05, 0) is 12.8 Å². The van der Waals surface area contributed by atoms with Gasteiger partial charge in [0, 0.05) is 26.2 Å². The molecule has 2 heterocycles. The summed E-state index contributed by atoms with van der Waals surface area (Å²) in [5.74, 6) is 0. The molecule has 70 valence electrons.